The summed E-state index contributed by atoms with van der Waals surface area (Å²) in [4.78, 5) is 50.6. The first-order valence-corrected chi connectivity index (χ1v) is 20.3. The quantitative estimate of drug-likeness (QED) is 0.0433. The molecule has 3 aromatic carbocycles. The Hall–Kier alpha value is -5.46. The number of benzene rings is 3. The number of ether oxygens (including phenoxy) is 1. The Kier molecular flexibility index (Phi) is 13.4. The van der Waals surface area contributed by atoms with Crippen LogP contribution in [-0.4, -0.2) is 91.1 Å². The van der Waals surface area contributed by atoms with Gasteiger partial charge in [-0.3, -0.25) is 19.2 Å². The molecular weight excluding hydrogens is 817 g/mol. The van der Waals surface area contributed by atoms with Crippen LogP contribution >= 0.6 is 0 Å². The van der Waals surface area contributed by atoms with Crippen LogP contribution in [0.15, 0.2) is 41.5 Å². The predicted molar refractivity (Wildman–Crippen MR) is 220 cm³/mol. The van der Waals surface area contributed by atoms with Crippen LogP contribution in [-0.2, 0) is 27.4 Å². The molecule has 15 nitrogen and oxygen atoms in total. The molecule has 1 unspecified atom stereocenters. The van der Waals surface area contributed by atoms with Crippen molar-refractivity contribution in [3.63, 3.8) is 0 Å². The van der Waals surface area contributed by atoms with Gasteiger partial charge in [0.2, 0.25) is 11.8 Å². The molecule has 4 aliphatic rings. The summed E-state index contributed by atoms with van der Waals surface area (Å²) in [5, 5.41) is 31.0. The SMILES string of the molecule is COc1c(CN2O[C@@H](CO)[C@@H]([C@H](C)O)C2C(=O)N[C@H]2C[C@H]3C[C@@H]([C@@H]2C)C3(C)C)cccc1-c1cc(C(=O)N[C@@H](Cc2c(F)c(F)c(N=[N+]=[N-])c(F)c2F)C(N)=O)cc(N(C)C)c1. The number of aliphatic hydroxyl groups excluding tert-OH is 2. The zero-order valence-electron chi connectivity index (χ0n) is 35.5. The number of nitrogens with two attached hydrogens (primary N) is 1. The molecule has 0 aromatic heterocycles. The molecule has 9 atom stereocenters. The number of azide groups is 1. The van der Waals surface area contributed by atoms with E-state index in [-0.39, 0.29) is 35.4 Å². The Balaban J connectivity index is 1.30. The lowest BCUT2D eigenvalue weighted by Gasteiger charge is -2.62. The Morgan fingerprint density at radius 3 is 2.34 bits per heavy atom. The van der Waals surface area contributed by atoms with Crippen molar-refractivity contribution in [1.29, 1.82) is 0 Å². The molecule has 3 aliphatic carbocycles. The highest BCUT2D eigenvalue weighted by Gasteiger charge is 2.57. The maximum atomic E-state index is 14.9. The third kappa shape index (κ3) is 8.51. The molecule has 0 radical (unpaired) electrons. The van der Waals surface area contributed by atoms with Gasteiger partial charge in [-0.05, 0) is 72.2 Å². The molecule has 3 amide bonds. The summed E-state index contributed by atoms with van der Waals surface area (Å²) in [6.45, 7) is 7.79. The van der Waals surface area contributed by atoms with Crippen LogP contribution < -0.4 is 26.0 Å². The number of carbonyl (C=O) groups is 3. The van der Waals surface area contributed by atoms with Crippen LogP contribution in [0.25, 0.3) is 21.6 Å². The average Bonchev–Trinajstić information content (AvgIpc) is 3.61. The first-order valence-electron chi connectivity index (χ1n) is 20.3. The number of rotatable bonds is 15. The molecule has 62 heavy (non-hydrogen) atoms. The number of hydroxylamine groups is 2. The lowest BCUT2D eigenvalue weighted by molar-refractivity contribution is -0.183. The summed E-state index contributed by atoms with van der Waals surface area (Å²) < 4.78 is 64.9. The zero-order valence-corrected chi connectivity index (χ0v) is 35.5. The molecule has 1 aliphatic heterocycles. The van der Waals surface area contributed by atoms with Crippen molar-refractivity contribution < 1.29 is 51.7 Å². The molecular formula is C43H52F4N8O7. The second-order valence-electron chi connectivity index (χ2n) is 17.3. The predicted octanol–water partition coefficient (Wildman–Crippen LogP) is 5.41. The molecule has 7 rings (SSSR count). The van der Waals surface area contributed by atoms with Crippen molar-refractivity contribution >= 4 is 29.1 Å². The van der Waals surface area contributed by atoms with E-state index in [0.717, 1.165) is 12.8 Å². The highest BCUT2D eigenvalue weighted by molar-refractivity contribution is 5.99. The summed E-state index contributed by atoms with van der Waals surface area (Å²) in [5.74, 6) is -9.65. The molecule has 6 N–H and O–H groups in total. The van der Waals surface area contributed by atoms with Gasteiger partial charge in [0.05, 0.1) is 26.4 Å². The minimum atomic E-state index is -1.99. The third-order valence-electron chi connectivity index (χ3n) is 13.2. The largest absolute Gasteiger partial charge is 0.496 e. The zero-order chi connectivity index (χ0) is 45.5. The number of para-hydroxylation sites is 1. The van der Waals surface area contributed by atoms with Gasteiger partial charge in [-0.15, -0.1) is 0 Å². The van der Waals surface area contributed by atoms with Crippen LogP contribution in [0.3, 0.4) is 0 Å². The number of hydrogen-bond acceptors (Lipinski definition) is 10. The number of amides is 3. The lowest BCUT2D eigenvalue weighted by Crippen LogP contribution is -2.62. The number of nitrogens with zero attached hydrogens (tertiary/aromatic N) is 5. The highest BCUT2D eigenvalue weighted by Crippen LogP contribution is 2.61. The fourth-order valence-corrected chi connectivity index (χ4v) is 9.63. The molecule has 1 heterocycles. The van der Waals surface area contributed by atoms with E-state index in [1.807, 2.05) is 0 Å². The van der Waals surface area contributed by atoms with Gasteiger partial charge in [-0.25, -0.2) is 17.6 Å². The van der Waals surface area contributed by atoms with Gasteiger partial charge in [0.25, 0.3) is 5.91 Å². The van der Waals surface area contributed by atoms with Crippen molar-refractivity contribution in [2.45, 2.75) is 83.8 Å². The molecule has 3 saturated carbocycles. The number of aliphatic hydroxyl groups is 2. The summed E-state index contributed by atoms with van der Waals surface area (Å²) in [5.41, 5.74) is 13.4. The van der Waals surface area contributed by atoms with Crippen LogP contribution in [0.5, 0.6) is 5.75 Å². The first-order chi connectivity index (χ1) is 29.2. The summed E-state index contributed by atoms with van der Waals surface area (Å²) >= 11 is 0. The second kappa shape index (κ2) is 18.1. The summed E-state index contributed by atoms with van der Waals surface area (Å²) in [7, 11) is 4.85. The number of carbonyl (C=O) groups excluding carboxylic acids is 3. The van der Waals surface area contributed by atoms with E-state index in [4.69, 9.17) is 20.8 Å². The highest BCUT2D eigenvalue weighted by atomic mass is 19.2. The molecule has 1 saturated heterocycles. The Morgan fingerprint density at radius 2 is 1.79 bits per heavy atom. The number of hydrogen-bond donors (Lipinski definition) is 5. The van der Waals surface area contributed by atoms with E-state index in [2.05, 4.69) is 41.4 Å². The number of methoxy groups -OCH3 is 1. The molecule has 2 bridgehead atoms. The van der Waals surface area contributed by atoms with E-state index in [1.165, 1.54) is 24.3 Å². The normalized spacial score (nSPS) is 24.9. The topological polar surface area (TPSA) is 215 Å². The van der Waals surface area contributed by atoms with Crippen LogP contribution in [0.4, 0.5) is 28.9 Å². The van der Waals surface area contributed by atoms with Crippen molar-refractivity contribution in [3.8, 4) is 16.9 Å². The van der Waals surface area contributed by atoms with Gasteiger partial charge < -0.3 is 36.2 Å². The first kappa shape index (κ1) is 46.1. The van der Waals surface area contributed by atoms with Gasteiger partial charge in [-0.2, -0.15) is 5.06 Å². The summed E-state index contributed by atoms with van der Waals surface area (Å²) in [6, 6.07) is 6.97. The van der Waals surface area contributed by atoms with E-state index in [9.17, 15) is 42.2 Å². The Bertz CT molecular complexity index is 2260. The fraction of sp³-hybridized carbons (Fsp3) is 0.512. The van der Waals surface area contributed by atoms with Crippen LogP contribution in [0.1, 0.15) is 62.0 Å². The van der Waals surface area contributed by atoms with Gasteiger partial charge in [0.15, 0.2) is 23.3 Å². The van der Waals surface area contributed by atoms with Crippen molar-refractivity contribution in [2.75, 3.05) is 32.7 Å². The Labute approximate surface area is 356 Å². The number of primary amides is 1. The molecule has 0 spiro atoms. The van der Waals surface area contributed by atoms with Gasteiger partial charge in [0.1, 0.15) is 29.6 Å². The molecule has 19 heteroatoms. The fourth-order valence-electron chi connectivity index (χ4n) is 9.63. The van der Waals surface area contributed by atoms with Gasteiger partial charge in [-0.1, -0.05) is 44.1 Å². The lowest BCUT2D eigenvalue weighted by atomic mass is 9.45. The van der Waals surface area contributed by atoms with Crippen molar-refractivity contribution in [1.82, 2.24) is 15.7 Å². The van der Waals surface area contributed by atoms with E-state index >= 15 is 0 Å². The maximum absolute atomic E-state index is 14.9. The molecule has 4 fully saturated rings. The molecule has 334 valence electrons. The van der Waals surface area contributed by atoms with Crippen LogP contribution in [0.2, 0.25) is 0 Å². The minimum absolute atomic E-state index is 0.0214. The van der Waals surface area contributed by atoms with E-state index < -0.39 is 89.6 Å². The number of nitrogens with one attached hydrogen (secondary N) is 2. The number of halogens is 4. The number of fused-ring (bicyclic) bond motifs is 2. The minimum Gasteiger partial charge on any atom is -0.496 e. The van der Waals surface area contributed by atoms with E-state index in [0.29, 0.717) is 40.0 Å². The monoisotopic (exact) mass is 868 g/mol. The standard InChI is InChI=1S/C43H52F4N8O7/c1-19-28-14-24(43(28,3)4)15-29(19)50-42(60)38-32(20(2)57)31(18-56)62-55(38)17-21-9-8-10-26(39(21)61-7)22-11-23(13-25(12-22)54(5)6)41(59)51-30(40(48)58)16-27-33(44)35(46)37(52-53-49)36(47)34(27)45/h8-13,19-20,24,28-32,38,56-57H,14-18H2,1-7H3,(H2,48,58)(H,50,60)(H,51,59)/t19-,20-,24+,28-,29-,30-,31-,32+,38?/m0/s1. The smallest absolute Gasteiger partial charge is 0.252 e. The van der Waals surface area contributed by atoms with Gasteiger partial charge in [0, 0.05) is 65.3 Å². The third-order valence-corrected chi connectivity index (χ3v) is 13.2. The van der Waals surface area contributed by atoms with Gasteiger partial charge >= 0.3 is 0 Å². The van der Waals surface area contributed by atoms with E-state index in [1.54, 1.807) is 50.2 Å². The average molecular weight is 869 g/mol. The maximum Gasteiger partial charge on any atom is 0.252 e. The number of anilines is 1. The summed E-state index contributed by atoms with van der Waals surface area (Å²) in [6.07, 6.45) is -1.04. The second-order valence-corrected chi connectivity index (χ2v) is 17.3. The van der Waals surface area contributed by atoms with Crippen molar-refractivity contribution in [3.05, 3.63) is 86.8 Å². The van der Waals surface area contributed by atoms with Crippen molar-refractivity contribution in [2.24, 2.45) is 39.9 Å². The molecule has 3 aromatic rings. The Morgan fingerprint density at radius 1 is 1.11 bits per heavy atom. The van der Waals surface area contributed by atoms with Crippen LogP contribution in [0, 0.1) is 52.4 Å².